The topological polar surface area (TPSA) is 9.23 Å². The van der Waals surface area contributed by atoms with Crippen molar-refractivity contribution in [3.63, 3.8) is 0 Å². The van der Waals surface area contributed by atoms with Crippen molar-refractivity contribution in [3.05, 3.63) is 54.6 Å². The minimum absolute atomic E-state index is 0. The summed E-state index contributed by atoms with van der Waals surface area (Å²) in [7, 11) is 7.03. The molecule has 3 rings (SSSR count). The summed E-state index contributed by atoms with van der Waals surface area (Å²) in [4.78, 5) is 0. The molecule has 1 aliphatic rings. The van der Waals surface area contributed by atoms with Crippen LogP contribution in [0.4, 0.5) is 0 Å². The van der Waals surface area contributed by atoms with Crippen LogP contribution in [0.25, 0.3) is 11.1 Å². The van der Waals surface area contributed by atoms with E-state index in [4.69, 9.17) is 4.74 Å². The number of rotatable bonds is 5. The molecule has 1 aliphatic heterocycles. The number of benzene rings is 2. The fourth-order valence-corrected chi connectivity index (χ4v) is 3.30. The average molecular weight is 580 g/mol. The Morgan fingerprint density at radius 2 is 1.35 bits per heavy atom. The van der Waals surface area contributed by atoms with Crippen LogP contribution in [0.15, 0.2) is 54.6 Å². The van der Waals surface area contributed by atoms with Gasteiger partial charge in [0.1, 0.15) is 45.1 Å². The van der Waals surface area contributed by atoms with Gasteiger partial charge in [-0.1, -0.05) is 48.5 Å². The lowest BCUT2D eigenvalue weighted by atomic mass is 10.1. The Morgan fingerprint density at radius 1 is 0.769 bits per heavy atom. The van der Waals surface area contributed by atoms with Crippen LogP contribution in [0.1, 0.15) is 0 Å². The minimum atomic E-state index is 0. The van der Waals surface area contributed by atoms with E-state index in [0.717, 1.165) is 27.9 Å². The van der Waals surface area contributed by atoms with Gasteiger partial charge >= 0.3 is 0 Å². The molecule has 3 nitrogen and oxygen atoms in total. The normalized spacial score (nSPS) is 17.5. The van der Waals surface area contributed by atoms with Crippen molar-refractivity contribution in [2.24, 2.45) is 0 Å². The quantitative estimate of drug-likeness (QED) is 0.276. The smallest absolute Gasteiger partial charge is 0.137 e. The molecule has 0 N–H and O–H groups in total. The zero-order valence-electron chi connectivity index (χ0n) is 16.0. The molecule has 0 amide bonds. The molecule has 1 fully saturated rings. The van der Waals surface area contributed by atoms with E-state index in [0.29, 0.717) is 0 Å². The molecule has 5 heteroatoms. The second-order valence-corrected chi connectivity index (χ2v) is 7.88. The van der Waals surface area contributed by atoms with Crippen LogP contribution in [0.5, 0.6) is 5.75 Å². The average Bonchev–Trinajstić information content (AvgIpc) is 2.59. The van der Waals surface area contributed by atoms with Crippen LogP contribution in [0, 0.1) is 0 Å². The summed E-state index contributed by atoms with van der Waals surface area (Å²) in [6.45, 7) is 6.80. The van der Waals surface area contributed by atoms with Gasteiger partial charge in [0, 0.05) is 5.56 Å². The number of halogens is 2. The summed E-state index contributed by atoms with van der Waals surface area (Å²) in [5.74, 6) is 0.989. The van der Waals surface area contributed by atoms with Crippen molar-refractivity contribution in [3.8, 4) is 16.9 Å². The lowest BCUT2D eigenvalue weighted by Gasteiger charge is -2.44. The van der Waals surface area contributed by atoms with Gasteiger partial charge in [-0.2, -0.15) is 0 Å². The molecule has 1 heterocycles. The number of ether oxygens (including phenoxy) is 1. The Bertz CT molecular complexity index is 667. The van der Waals surface area contributed by atoms with Crippen molar-refractivity contribution < 1.29 is 61.7 Å². The Morgan fingerprint density at radius 3 is 2.00 bits per heavy atom. The molecule has 0 unspecified atom stereocenters. The van der Waals surface area contributed by atoms with Gasteiger partial charge in [0.15, 0.2) is 0 Å². The number of para-hydroxylation sites is 1. The van der Waals surface area contributed by atoms with E-state index in [9.17, 15) is 0 Å². The molecule has 144 valence electrons. The molecule has 0 aliphatic carbocycles. The molecule has 1 saturated heterocycles. The molecule has 26 heavy (non-hydrogen) atoms. The van der Waals surface area contributed by atoms with Gasteiger partial charge in [0.05, 0.1) is 21.1 Å². The Kier molecular flexibility index (Phi) is 9.32. The lowest BCUT2D eigenvalue weighted by Crippen LogP contribution is -3.00. The maximum atomic E-state index is 6.19. The van der Waals surface area contributed by atoms with Crippen LogP contribution < -0.4 is 52.7 Å². The standard InChI is InChI=1S/C21H30N2O.2HI/c1-22(2)13-15-23(3,16-14-22)17-18-24-21-12-8-7-11-20(21)19-9-5-4-6-10-19;;/h4-12H,13-18H2,1-3H3;2*1H/q+2;;/p-2. The van der Waals surface area contributed by atoms with Gasteiger partial charge in [-0.15, -0.1) is 0 Å². The number of hydrogen-bond donors (Lipinski definition) is 0. The van der Waals surface area contributed by atoms with Crippen molar-refractivity contribution in [2.75, 3.05) is 60.5 Å². The van der Waals surface area contributed by atoms with Gasteiger partial charge in [0.25, 0.3) is 0 Å². The molecule has 0 spiro atoms. The maximum absolute atomic E-state index is 6.19. The third-order valence-corrected chi connectivity index (χ3v) is 5.35. The van der Waals surface area contributed by atoms with Crippen molar-refractivity contribution in [1.82, 2.24) is 0 Å². The Balaban J connectivity index is 0.00000169. The second kappa shape index (κ2) is 10.2. The summed E-state index contributed by atoms with van der Waals surface area (Å²) in [5.41, 5.74) is 2.39. The van der Waals surface area contributed by atoms with Crippen LogP contribution in [0.2, 0.25) is 0 Å². The number of likely N-dealkylation sites (N-methyl/N-ethyl adjacent to an activating group) is 2. The van der Waals surface area contributed by atoms with E-state index in [-0.39, 0.29) is 48.0 Å². The third-order valence-electron chi connectivity index (χ3n) is 5.35. The molecule has 0 radical (unpaired) electrons. The van der Waals surface area contributed by atoms with E-state index in [1.807, 2.05) is 6.07 Å². The van der Waals surface area contributed by atoms with E-state index < -0.39 is 0 Å². The van der Waals surface area contributed by atoms with Crippen molar-refractivity contribution in [2.45, 2.75) is 0 Å². The first-order chi connectivity index (χ1) is 11.5. The van der Waals surface area contributed by atoms with Gasteiger partial charge in [-0.3, -0.25) is 0 Å². The number of nitrogens with zero attached hydrogens (tertiary/aromatic N) is 2. The van der Waals surface area contributed by atoms with Gasteiger partial charge < -0.3 is 61.7 Å². The highest BCUT2D eigenvalue weighted by atomic mass is 127. The maximum Gasteiger partial charge on any atom is 0.137 e. The van der Waals surface area contributed by atoms with Gasteiger partial charge in [-0.05, 0) is 11.6 Å². The van der Waals surface area contributed by atoms with Gasteiger partial charge in [-0.25, -0.2) is 0 Å². The predicted octanol–water partition coefficient (Wildman–Crippen LogP) is -2.72. The molecular weight excluding hydrogens is 550 g/mol. The Labute approximate surface area is 192 Å². The Hall–Kier alpha value is -0.380. The van der Waals surface area contributed by atoms with E-state index in [1.165, 1.54) is 37.3 Å². The summed E-state index contributed by atoms with van der Waals surface area (Å²) in [6.07, 6.45) is 0. The zero-order valence-corrected chi connectivity index (χ0v) is 20.3. The molecule has 0 saturated carbocycles. The third kappa shape index (κ3) is 6.35. The van der Waals surface area contributed by atoms with Crippen LogP contribution in [-0.4, -0.2) is 69.4 Å². The fourth-order valence-electron chi connectivity index (χ4n) is 3.30. The van der Waals surface area contributed by atoms with Crippen molar-refractivity contribution in [1.29, 1.82) is 0 Å². The highest BCUT2D eigenvalue weighted by Gasteiger charge is 2.34. The first kappa shape index (κ1) is 23.7. The monoisotopic (exact) mass is 580 g/mol. The van der Waals surface area contributed by atoms with Gasteiger partial charge in [0.2, 0.25) is 0 Å². The van der Waals surface area contributed by atoms with E-state index in [1.54, 1.807) is 0 Å². The minimum Gasteiger partial charge on any atom is -1.00 e. The molecule has 0 atom stereocenters. The zero-order chi connectivity index (χ0) is 17.0. The molecule has 2 aromatic rings. The van der Waals surface area contributed by atoms with Crippen LogP contribution >= 0.6 is 0 Å². The first-order valence-corrected chi connectivity index (χ1v) is 8.90. The first-order valence-electron chi connectivity index (χ1n) is 8.90. The summed E-state index contributed by atoms with van der Waals surface area (Å²) in [5, 5.41) is 0. The van der Waals surface area contributed by atoms with E-state index in [2.05, 4.69) is 69.7 Å². The molecule has 0 bridgehead atoms. The molecule has 2 aromatic carbocycles. The molecule has 0 aromatic heterocycles. The highest BCUT2D eigenvalue weighted by Crippen LogP contribution is 2.29. The number of piperazine rings is 1. The SMILES string of the molecule is C[N+]1(C)CC[N+](C)(CCOc2ccccc2-c2ccccc2)CC1.[I-].[I-]. The highest BCUT2D eigenvalue weighted by molar-refractivity contribution is 5.70. The summed E-state index contributed by atoms with van der Waals surface area (Å²) >= 11 is 0. The van der Waals surface area contributed by atoms with E-state index >= 15 is 0 Å². The molecular formula is C21H30I2N2O. The summed E-state index contributed by atoms with van der Waals surface area (Å²) < 4.78 is 8.46. The lowest BCUT2D eigenvalue weighted by molar-refractivity contribution is -1.01. The van der Waals surface area contributed by atoms with Crippen LogP contribution in [0.3, 0.4) is 0 Å². The van der Waals surface area contributed by atoms with Crippen molar-refractivity contribution >= 4 is 0 Å². The number of hydrogen-bond acceptors (Lipinski definition) is 1. The predicted molar refractivity (Wildman–Crippen MR) is 100 cm³/mol. The number of quaternary nitrogens is 2. The largest absolute Gasteiger partial charge is 1.00 e. The summed E-state index contributed by atoms with van der Waals surface area (Å²) in [6, 6.07) is 18.8. The fraction of sp³-hybridized carbons (Fsp3) is 0.429. The van der Waals surface area contributed by atoms with Crippen LogP contribution in [-0.2, 0) is 0 Å². The second-order valence-electron chi connectivity index (χ2n) is 7.88.